The number of hydrogen-bond acceptors (Lipinski definition) is 8. The van der Waals surface area contributed by atoms with Gasteiger partial charge in [-0.15, -0.1) is 6.42 Å². The highest BCUT2D eigenvalue weighted by Gasteiger charge is 2.45. The van der Waals surface area contributed by atoms with Gasteiger partial charge in [0.05, 0.1) is 32.5 Å². The zero-order valence-electron chi connectivity index (χ0n) is 20.4. The smallest absolute Gasteiger partial charge is 0.203 e. The molecule has 0 bridgehead atoms. The van der Waals surface area contributed by atoms with Crippen LogP contribution in [-0.2, 0) is 6.42 Å². The molecule has 0 radical (unpaired) electrons. The van der Waals surface area contributed by atoms with Crippen LogP contribution in [0, 0.1) is 12.3 Å². The van der Waals surface area contributed by atoms with Crippen LogP contribution in [0.15, 0.2) is 36.4 Å². The minimum absolute atomic E-state index is 0.0420. The first kappa shape index (κ1) is 24.2. The minimum Gasteiger partial charge on any atom is -0.507 e. The van der Waals surface area contributed by atoms with Gasteiger partial charge < -0.3 is 29.5 Å². The van der Waals surface area contributed by atoms with Gasteiger partial charge >= 0.3 is 0 Å². The Morgan fingerprint density at radius 3 is 1.95 bits per heavy atom. The summed E-state index contributed by atoms with van der Waals surface area (Å²) in [5.41, 5.74) is -1.21. The average molecular weight is 501 g/mol. The number of carbonyl (C=O) groups is 2. The van der Waals surface area contributed by atoms with Crippen molar-refractivity contribution in [3.05, 3.63) is 75.3 Å². The standard InChI is InChI=1S/C29H24O8/c1-5-29(34)12-17(14-10-19(35-2)28(37-4)20(11-14)36-3)21-18(13-29)26(32)22-23(27(21)33)25(31)16-9-7-6-8-15(16)24(22)30/h1,6-11,17,32-34H,12-13H2,2-4H3/t17-,29-/m1/s1. The van der Waals surface area contributed by atoms with Crippen LogP contribution in [0.4, 0.5) is 0 Å². The molecule has 8 nitrogen and oxygen atoms in total. The molecule has 3 aromatic carbocycles. The van der Waals surface area contributed by atoms with E-state index in [4.69, 9.17) is 20.6 Å². The molecule has 0 aromatic heterocycles. The Labute approximate surface area is 213 Å². The Kier molecular flexibility index (Phi) is 5.61. The average Bonchev–Trinajstić information content (AvgIpc) is 2.92. The molecule has 8 heteroatoms. The van der Waals surface area contributed by atoms with E-state index in [1.165, 1.54) is 33.5 Å². The van der Waals surface area contributed by atoms with E-state index in [1.807, 2.05) is 0 Å². The van der Waals surface area contributed by atoms with Crippen molar-refractivity contribution in [2.24, 2.45) is 0 Å². The molecule has 5 rings (SSSR count). The van der Waals surface area contributed by atoms with Gasteiger partial charge in [0.15, 0.2) is 23.1 Å². The van der Waals surface area contributed by atoms with E-state index in [-0.39, 0.29) is 46.2 Å². The molecule has 0 spiro atoms. The molecule has 0 saturated heterocycles. The summed E-state index contributed by atoms with van der Waals surface area (Å²) in [6.07, 6.45) is 5.43. The van der Waals surface area contributed by atoms with E-state index in [1.54, 1.807) is 24.3 Å². The van der Waals surface area contributed by atoms with Crippen molar-refractivity contribution in [1.82, 2.24) is 0 Å². The lowest BCUT2D eigenvalue weighted by Gasteiger charge is -2.37. The van der Waals surface area contributed by atoms with Crippen LogP contribution in [0.25, 0.3) is 0 Å². The summed E-state index contributed by atoms with van der Waals surface area (Å²) in [6.45, 7) is 0. The molecule has 0 saturated carbocycles. The summed E-state index contributed by atoms with van der Waals surface area (Å²) in [5.74, 6) is 0.488. The van der Waals surface area contributed by atoms with Gasteiger partial charge in [0.25, 0.3) is 0 Å². The number of hydrogen-bond donors (Lipinski definition) is 3. The summed E-state index contributed by atoms with van der Waals surface area (Å²) in [7, 11) is 4.37. The van der Waals surface area contributed by atoms with E-state index in [2.05, 4.69) is 5.92 Å². The topological polar surface area (TPSA) is 123 Å². The first-order valence-corrected chi connectivity index (χ1v) is 11.5. The number of terminal acetylenes is 1. The van der Waals surface area contributed by atoms with E-state index in [0.717, 1.165) is 0 Å². The SMILES string of the molecule is C#C[C@]1(O)Cc2c(O)c3c(c(O)c2[C@@H](c2cc(OC)c(OC)c(OC)c2)C1)C(=O)c1ccccc1C3=O. The summed E-state index contributed by atoms with van der Waals surface area (Å²) in [4.78, 5) is 26.8. The third-order valence-electron chi connectivity index (χ3n) is 7.18. The van der Waals surface area contributed by atoms with Gasteiger partial charge in [-0.3, -0.25) is 9.59 Å². The Morgan fingerprint density at radius 1 is 0.919 bits per heavy atom. The summed E-state index contributed by atoms with van der Waals surface area (Å²) >= 11 is 0. The molecule has 0 unspecified atom stereocenters. The molecular weight excluding hydrogens is 476 g/mol. The van der Waals surface area contributed by atoms with Crippen LogP contribution < -0.4 is 14.2 Å². The van der Waals surface area contributed by atoms with E-state index >= 15 is 0 Å². The van der Waals surface area contributed by atoms with E-state index < -0.39 is 34.6 Å². The second-order valence-electron chi connectivity index (χ2n) is 9.11. The molecule has 0 heterocycles. The quantitative estimate of drug-likeness (QED) is 0.288. The third-order valence-corrected chi connectivity index (χ3v) is 7.18. The number of aromatic hydroxyl groups is 2. The maximum Gasteiger partial charge on any atom is 0.203 e. The third kappa shape index (κ3) is 3.43. The zero-order valence-corrected chi connectivity index (χ0v) is 20.4. The summed E-state index contributed by atoms with van der Waals surface area (Å²) in [5, 5.41) is 34.1. The molecule has 0 amide bonds. The highest BCUT2D eigenvalue weighted by atomic mass is 16.5. The normalized spacial score (nSPS) is 19.8. The van der Waals surface area contributed by atoms with Gasteiger partial charge in [0.1, 0.15) is 17.1 Å². The summed E-state index contributed by atoms with van der Waals surface area (Å²) < 4.78 is 16.4. The fourth-order valence-corrected chi connectivity index (χ4v) is 5.44. The number of benzene rings is 3. The maximum absolute atomic E-state index is 13.5. The monoisotopic (exact) mass is 500 g/mol. The number of phenols is 2. The Morgan fingerprint density at radius 2 is 1.46 bits per heavy atom. The Balaban J connectivity index is 1.83. The van der Waals surface area contributed by atoms with Gasteiger partial charge in [-0.2, -0.15) is 0 Å². The minimum atomic E-state index is -1.71. The van der Waals surface area contributed by atoms with E-state index in [0.29, 0.717) is 22.8 Å². The predicted octanol–water partition coefficient (Wildman–Crippen LogP) is 3.34. The molecule has 0 fully saturated rings. The lowest BCUT2D eigenvalue weighted by atomic mass is 9.68. The molecule has 3 N–H and O–H groups in total. The van der Waals surface area contributed by atoms with Crippen LogP contribution in [0.5, 0.6) is 28.7 Å². The maximum atomic E-state index is 13.5. The second kappa shape index (κ2) is 8.57. The Hall–Kier alpha value is -4.48. The van der Waals surface area contributed by atoms with E-state index in [9.17, 15) is 24.9 Å². The van der Waals surface area contributed by atoms with Crippen molar-refractivity contribution in [2.75, 3.05) is 21.3 Å². The summed E-state index contributed by atoms with van der Waals surface area (Å²) in [6, 6.07) is 9.53. The number of rotatable bonds is 4. The van der Waals surface area contributed by atoms with Crippen molar-refractivity contribution < 1.29 is 39.1 Å². The van der Waals surface area contributed by atoms with Crippen molar-refractivity contribution in [3.8, 4) is 41.1 Å². The number of fused-ring (bicyclic) bond motifs is 3. The molecule has 37 heavy (non-hydrogen) atoms. The molecule has 2 aliphatic rings. The molecule has 2 atom stereocenters. The highest BCUT2D eigenvalue weighted by Crippen LogP contribution is 2.54. The van der Waals surface area contributed by atoms with Crippen LogP contribution in [-0.4, -0.2) is 53.8 Å². The van der Waals surface area contributed by atoms with Crippen LogP contribution in [0.1, 0.15) is 60.9 Å². The van der Waals surface area contributed by atoms with Crippen LogP contribution >= 0.6 is 0 Å². The van der Waals surface area contributed by atoms with Crippen LogP contribution in [0.3, 0.4) is 0 Å². The number of phenolic OH excluding ortho intramolecular Hbond substituents is 2. The van der Waals surface area contributed by atoms with Gasteiger partial charge in [-0.05, 0) is 24.1 Å². The molecule has 188 valence electrons. The second-order valence-corrected chi connectivity index (χ2v) is 9.11. The molecule has 2 aliphatic carbocycles. The van der Waals surface area contributed by atoms with Crippen molar-refractivity contribution in [2.45, 2.75) is 24.4 Å². The molecule has 0 aliphatic heterocycles. The number of ketones is 2. The molecule has 3 aromatic rings. The van der Waals surface area contributed by atoms with Gasteiger partial charge in [-0.25, -0.2) is 0 Å². The first-order valence-electron chi connectivity index (χ1n) is 11.5. The lowest BCUT2D eigenvalue weighted by Crippen LogP contribution is -2.37. The molecular formula is C29H24O8. The largest absolute Gasteiger partial charge is 0.507 e. The van der Waals surface area contributed by atoms with Crippen molar-refractivity contribution in [1.29, 1.82) is 0 Å². The van der Waals surface area contributed by atoms with Crippen molar-refractivity contribution in [3.63, 3.8) is 0 Å². The van der Waals surface area contributed by atoms with Gasteiger partial charge in [0, 0.05) is 34.6 Å². The fourth-order valence-electron chi connectivity index (χ4n) is 5.44. The van der Waals surface area contributed by atoms with Gasteiger partial charge in [0.2, 0.25) is 5.75 Å². The van der Waals surface area contributed by atoms with Crippen LogP contribution in [0.2, 0.25) is 0 Å². The zero-order chi connectivity index (χ0) is 26.6. The van der Waals surface area contributed by atoms with Crippen molar-refractivity contribution >= 4 is 11.6 Å². The number of methoxy groups -OCH3 is 3. The number of aliphatic hydroxyl groups is 1. The van der Waals surface area contributed by atoms with Gasteiger partial charge in [-0.1, -0.05) is 30.2 Å². The fraction of sp³-hybridized carbons (Fsp3) is 0.241. The lowest BCUT2D eigenvalue weighted by molar-refractivity contribution is 0.0786. The number of ether oxygens (including phenoxy) is 3. The highest BCUT2D eigenvalue weighted by molar-refractivity contribution is 6.30. The Bertz CT molecular complexity index is 1500. The predicted molar refractivity (Wildman–Crippen MR) is 133 cm³/mol. The first-order chi connectivity index (χ1) is 17.7. The number of carbonyl (C=O) groups excluding carboxylic acids is 2.